The van der Waals surface area contributed by atoms with E-state index in [9.17, 15) is 13.2 Å². The fraction of sp³-hybridized carbons (Fsp3) is 0.900. The van der Waals surface area contributed by atoms with E-state index >= 15 is 0 Å². The van der Waals surface area contributed by atoms with Crippen molar-refractivity contribution in [2.24, 2.45) is 5.92 Å². The summed E-state index contributed by atoms with van der Waals surface area (Å²) in [6, 6.07) is -0.0818. The van der Waals surface area contributed by atoms with Gasteiger partial charge in [-0.25, -0.2) is 8.42 Å². The summed E-state index contributed by atoms with van der Waals surface area (Å²) in [5, 5.41) is 10.8. The van der Waals surface area contributed by atoms with Gasteiger partial charge in [-0.1, -0.05) is 6.42 Å². The number of rotatable bonds is 4. The Labute approximate surface area is 96.1 Å². The quantitative estimate of drug-likeness (QED) is 0.716. The molecule has 0 aromatic heterocycles. The van der Waals surface area contributed by atoms with E-state index in [-0.39, 0.29) is 18.6 Å². The Morgan fingerprint density at radius 1 is 1.50 bits per heavy atom. The normalized spacial score (nSPS) is 27.7. The lowest BCUT2D eigenvalue weighted by Crippen LogP contribution is -2.45. The van der Waals surface area contributed by atoms with Crippen molar-refractivity contribution in [3.63, 3.8) is 0 Å². The van der Waals surface area contributed by atoms with Crippen molar-refractivity contribution in [1.82, 2.24) is 5.32 Å². The van der Waals surface area contributed by atoms with Gasteiger partial charge in [-0.15, -0.1) is 0 Å². The SMILES string of the molecule is CC(C(=O)NC1CCCC1CO)S(C)(=O)=O. The number of nitrogens with one attached hydrogen (secondary N) is 1. The Morgan fingerprint density at radius 3 is 2.62 bits per heavy atom. The van der Waals surface area contributed by atoms with E-state index in [2.05, 4.69) is 5.32 Å². The van der Waals surface area contributed by atoms with Gasteiger partial charge in [0.1, 0.15) is 5.25 Å². The van der Waals surface area contributed by atoms with Crippen LogP contribution in [0.3, 0.4) is 0 Å². The molecular weight excluding hydrogens is 230 g/mol. The fourth-order valence-corrected chi connectivity index (χ4v) is 2.40. The topological polar surface area (TPSA) is 83.5 Å². The first-order valence-electron chi connectivity index (χ1n) is 5.46. The van der Waals surface area contributed by atoms with Crippen molar-refractivity contribution >= 4 is 15.7 Å². The summed E-state index contributed by atoms with van der Waals surface area (Å²) < 4.78 is 22.4. The van der Waals surface area contributed by atoms with Gasteiger partial charge in [-0.05, 0) is 19.8 Å². The van der Waals surface area contributed by atoms with E-state index in [0.717, 1.165) is 25.5 Å². The molecule has 0 saturated heterocycles. The molecule has 16 heavy (non-hydrogen) atoms. The Morgan fingerprint density at radius 2 is 2.12 bits per heavy atom. The Bertz CT molecular complexity index is 352. The van der Waals surface area contributed by atoms with Crippen LogP contribution in [0.2, 0.25) is 0 Å². The molecule has 1 fully saturated rings. The highest BCUT2D eigenvalue weighted by molar-refractivity contribution is 7.92. The average molecular weight is 249 g/mol. The van der Waals surface area contributed by atoms with Crippen LogP contribution in [0.25, 0.3) is 0 Å². The van der Waals surface area contributed by atoms with Gasteiger partial charge < -0.3 is 10.4 Å². The molecule has 5 nitrogen and oxygen atoms in total. The predicted molar refractivity (Wildman–Crippen MR) is 60.7 cm³/mol. The maximum atomic E-state index is 11.6. The highest BCUT2D eigenvalue weighted by Crippen LogP contribution is 2.25. The summed E-state index contributed by atoms with van der Waals surface area (Å²) in [5.41, 5.74) is 0. The second-order valence-electron chi connectivity index (χ2n) is 4.46. The number of carbonyl (C=O) groups excluding carboxylic acids is 1. The minimum atomic E-state index is -3.34. The van der Waals surface area contributed by atoms with Crippen molar-refractivity contribution in [3.05, 3.63) is 0 Å². The summed E-state index contributed by atoms with van der Waals surface area (Å²) in [6.07, 6.45) is 3.71. The lowest BCUT2D eigenvalue weighted by molar-refractivity contribution is -0.121. The number of carbonyl (C=O) groups is 1. The van der Waals surface area contributed by atoms with Gasteiger partial charge in [-0.2, -0.15) is 0 Å². The number of aliphatic hydroxyl groups is 1. The zero-order valence-electron chi connectivity index (χ0n) is 9.64. The highest BCUT2D eigenvalue weighted by Gasteiger charge is 2.31. The van der Waals surface area contributed by atoms with E-state index in [1.165, 1.54) is 6.92 Å². The van der Waals surface area contributed by atoms with Crippen molar-refractivity contribution in [2.45, 2.75) is 37.5 Å². The molecule has 0 aliphatic heterocycles. The minimum absolute atomic E-state index is 0.0399. The first-order valence-corrected chi connectivity index (χ1v) is 7.41. The summed E-state index contributed by atoms with van der Waals surface area (Å²) in [4.78, 5) is 11.6. The highest BCUT2D eigenvalue weighted by atomic mass is 32.2. The average Bonchev–Trinajstić information content (AvgIpc) is 2.62. The second-order valence-corrected chi connectivity index (χ2v) is 6.83. The summed E-state index contributed by atoms with van der Waals surface area (Å²) in [5.74, 6) is -0.399. The van der Waals surface area contributed by atoms with Gasteiger partial charge >= 0.3 is 0 Å². The van der Waals surface area contributed by atoms with Crippen molar-refractivity contribution in [1.29, 1.82) is 0 Å². The molecular formula is C10H19NO4S. The smallest absolute Gasteiger partial charge is 0.238 e. The molecule has 0 spiro atoms. The van der Waals surface area contributed by atoms with Crippen LogP contribution in [-0.2, 0) is 14.6 Å². The van der Waals surface area contributed by atoms with Gasteiger partial charge in [0.05, 0.1) is 0 Å². The molecule has 1 aliphatic rings. The summed E-state index contributed by atoms with van der Waals surface area (Å²) >= 11 is 0. The maximum Gasteiger partial charge on any atom is 0.238 e. The largest absolute Gasteiger partial charge is 0.396 e. The Hall–Kier alpha value is -0.620. The first-order chi connectivity index (χ1) is 7.36. The van der Waals surface area contributed by atoms with Gasteiger partial charge in [0.15, 0.2) is 9.84 Å². The van der Waals surface area contributed by atoms with E-state index in [4.69, 9.17) is 5.11 Å². The molecule has 0 radical (unpaired) electrons. The first kappa shape index (κ1) is 13.4. The molecule has 1 aliphatic carbocycles. The molecule has 0 heterocycles. The van der Waals surface area contributed by atoms with Crippen LogP contribution >= 0.6 is 0 Å². The fourth-order valence-electron chi connectivity index (χ4n) is 1.94. The number of hydrogen-bond acceptors (Lipinski definition) is 4. The molecule has 3 atom stereocenters. The Balaban J connectivity index is 2.58. The molecule has 0 aromatic carbocycles. The molecule has 1 saturated carbocycles. The summed E-state index contributed by atoms with van der Waals surface area (Å²) in [7, 11) is -3.34. The van der Waals surface area contributed by atoms with Crippen molar-refractivity contribution in [2.75, 3.05) is 12.9 Å². The van der Waals surface area contributed by atoms with Crippen LogP contribution < -0.4 is 5.32 Å². The number of amides is 1. The lowest BCUT2D eigenvalue weighted by Gasteiger charge is -2.20. The number of sulfone groups is 1. The van der Waals surface area contributed by atoms with E-state index < -0.39 is 21.0 Å². The van der Waals surface area contributed by atoms with Crippen molar-refractivity contribution < 1.29 is 18.3 Å². The van der Waals surface area contributed by atoms with Gasteiger partial charge in [-0.3, -0.25) is 4.79 Å². The van der Waals surface area contributed by atoms with E-state index in [0.29, 0.717) is 0 Å². The number of aliphatic hydroxyl groups excluding tert-OH is 1. The molecule has 0 aromatic rings. The van der Waals surface area contributed by atoms with Crippen LogP contribution in [0.5, 0.6) is 0 Å². The van der Waals surface area contributed by atoms with Gasteiger partial charge in [0, 0.05) is 24.8 Å². The molecule has 1 amide bonds. The molecule has 3 unspecified atom stereocenters. The molecule has 2 N–H and O–H groups in total. The molecule has 0 bridgehead atoms. The van der Waals surface area contributed by atoms with E-state index in [1.807, 2.05) is 0 Å². The maximum absolute atomic E-state index is 11.6. The van der Waals surface area contributed by atoms with Crippen LogP contribution in [0, 0.1) is 5.92 Å². The minimum Gasteiger partial charge on any atom is -0.396 e. The standard InChI is InChI=1S/C10H19NO4S/c1-7(16(2,14)15)10(13)11-9-5-3-4-8(9)6-12/h7-9,12H,3-6H2,1-2H3,(H,11,13). The lowest BCUT2D eigenvalue weighted by atomic mass is 10.1. The van der Waals surface area contributed by atoms with Crippen LogP contribution in [-0.4, -0.2) is 43.6 Å². The summed E-state index contributed by atoms with van der Waals surface area (Å²) in [6.45, 7) is 1.42. The molecule has 94 valence electrons. The molecule has 1 rings (SSSR count). The van der Waals surface area contributed by atoms with E-state index in [1.54, 1.807) is 0 Å². The zero-order valence-corrected chi connectivity index (χ0v) is 10.5. The zero-order chi connectivity index (χ0) is 12.3. The number of hydrogen-bond donors (Lipinski definition) is 2. The monoisotopic (exact) mass is 249 g/mol. The third kappa shape index (κ3) is 3.18. The van der Waals surface area contributed by atoms with Crippen LogP contribution in [0.15, 0.2) is 0 Å². The van der Waals surface area contributed by atoms with Gasteiger partial charge in [0.25, 0.3) is 0 Å². The predicted octanol–water partition coefficient (Wildman–Crippen LogP) is -0.303. The van der Waals surface area contributed by atoms with Crippen LogP contribution in [0.1, 0.15) is 26.2 Å². The molecule has 6 heteroatoms. The van der Waals surface area contributed by atoms with Gasteiger partial charge in [0.2, 0.25) is 5.91 Å². The second kappa shape index (κ2) is 5.14. The Kier molecular flexibility index (Phi) is 4.32. The van der Waals surface area contributed by atoms with Crippen LogP contribution in [0.4, 0.5) is 0 Å². The third-order valence-corrected chi connectivity index (χ3v) is 4.73. The third-order valence-electron chi connectivity index (χ3n) is 3.23. The van der Waals surface area contributed by atoms with Crippen molar-refractivity contribution in [3.8, 4) is 0 Å².